The molecule has 0 spiro atoms. The van der Waals surface area contributed by atoms with Gasteiger partial charge < -0.3 is 31.9 Å². The average Bonchev–Trinajstić information content (AvgIpc) is 3.15. The minimum Gasteiger partial charge on any atom is -0.481 e. The summed E-state index contributed by atoms with van der Waals surface area (Å²) in [7, 11) is -2.03. The van der Waals surface area contributed by atoms with Crippen LogP contribution < -0.4 is 16.8 Å². The lowest BCUT2D eigenvalue weighted by Crippen LogP contribution is -2.46. The zero-order valence-electron chi connectivity index (χ0n) is 16.0. The molecule has 0 aliphatic carbocycles. The molecule has 166 valence electrons. The Bertz CT molecular complexity index is 748. The first-order valence-electron chi connectivity index (χ1n) is 9.45. The van der Waals surface area contributed by atoms with Gasteiger partial charge in [0.1, 0.15) is 0 Å². The van der Waals surface area contributed by atoms with Gasteiger partial charge in [-0.25, -0.2) is 0 Å². The molecule has 0 aromatic heterocycles. The Morgan fingerprint density at radius 3 is 2.27 bits per heavy atom. The van der Waals surface area contributed by atoms with Crippen LogP contribution in [-0.2, 0) is 15.8 Å². The predicted octanol–water partition coefficient (Wildman–Crippen LogP) is 0.145. The Hall–Kier alpha value is -1.99. The third-order valence-corrected chi connectivity index (χ3v) is 5.57. The van der Waals surface area contributed by atoms with Crippen LogP contribution in [0, 0.1) is 11.8 Å². The monoisotopic (exact) mass is 431 g/mol. The molecule has 0 amide bonds. The molecule has 0 saturated carbocycles. The molecule has 8 nitrogen and oxygen atoms in total. The zero-order valence-corrected chi connectivity index (χ0v) is 16.0. The lowest BCUT2D eigenvalue weighted by Gasteiger charge is -2.25. The van der Waals surface area contributed by atoms with Gasteiger partial charge in [-0.05, 0) is 43.0 Å². The smallest absolute Gasteiger partial charge is 0.462 e. The van der Waals surface area contributed by atoms with Crippen LogP contribution in [0.5, 0.6) is 0 Å². The molecule has 12 heteroatoms. The molecular formula is C18H25BF3N3O5. The molecule has 1 aromatic rings. The second-order valence-electron chi connectivity index (χ2n) is 7.53. The van der Waals surface area contributed by atoms with E-state index in [1.165, 1.54) is 0 Å². The minimum atomic E-state index is -4.52. The van der Waals surface area contributed by atoms with Crippen molar-refractivity contribution >= 4 is 18.9 Å². The number of halogens is 3. The summed E-state index contributed by atoms with van der Waals surface area (Å²) in [6, 6.07) is 1.35. The van der Waals surface area contributed by atoms with E-state index in [-0.39, 0.29) is 24.3 Å². The quantitative estimate of drug-likeness (QED) is 0.302. The van der Waals surface area contributed by atoms with Gasteiger partial charge in [0.05, 0.1) is 29.4 Å². The summed E-state index contributed by atoms with van der Waals surface area (Å²) in [5, 5.41) is 31.4. The van der Waals surface area contributed by atoms with E-state index in [9.17, 15) is 37.9 Å². The highest BCUT2D eigenvalue weighted by atomic mass is 19.4. The van der Waals surface area contributed by atoms with Crippen LogP contribution in [-0.4, -0.2) is 53.2 Å². The van der Waals surface area contributed by atoms with Crippen LogP contribution in [0.3, 0.4) is 0 Å². The molecule has 2 rings (SSSR count). The third-order valence-electron chi connectivity index (χ3n) is 5.57. The van der Waals surface area contributed by atoms with Gasteiger partial charge >= 0.3 is 19.3 Å². The van der Waals surface area contributed by atoms with Crippen molar-refractivity contribution in [3.63, 3.8) is 0 Å². The number of Topliss-reactive ketones (excluding diaryl/α,β-unsaturated/α-hetero) is 1. The zero-order chi connectivity index (χ0) is 22.6. The van der Waals surface area contributed by atoms with Gasteiger partial charge in [0.2, 0.25) is 0 Å². The SMILES string of the molecule is N[C@H](C(=O)C(CCC1CNCC1C(=O)O)B(O)O)[C@@H](N)c1ccc(C(F)(F)F)cc1. The first-order valence-corrected chi connectivity index (χ1v) is 9.45. The van der Waals surface area contributed by atoms with Gasteiger partial charge in [-0.3, -0.25) is 9.59 Å². The van der Waals surface area contributed by atoms with Crippen molar-refractivity contribution in [2.45, 2.75) is 36.9 Å². The number of carbonyl (C=O) groups excluding carboxylic acids is 1. The van der Waals surface area contributed by atoms with E-state index in [1.54, 1.807) is 0 Å². The summed E-state index contributed by atoms with van der Waals surface area (Å²) >= 11 is 0. The van der Waals surface area contributed by atoms with Crippen LogP contribution in [0.4, 0.5) is 13.2 Å². The summed E-state index contributed by atoms with van der Waals surface area (Å²) in [5.74, 6) is -3.94. The number of ketones is 1. The van der Waals surface area contributed by atoms with Crippen molar-refractivity contribution in [2.75, 3.05) is 13.1 Å². The van der Waals surface area contributed by atoms with Gasteiger partial charge in [-0.15, -0.1) is 0 Å². The van der Waals surface area contributed by atoms with Crippen molar-refractivity contribution in [1.29, 1.82) is 0 Å². The molecule has 1 aliphatic heterocycles. The van der Waals surface area contributed by atoms with Crippen molar-refractivity contribution in [3.05, 3.63) is 35.4 Å². The van der Waals surface area contributed by atoms with E-state index in [0.29, 0.717) is 13.1 Å². The second kappa shape index (κ2) is 9.88. The summed E-state index contributed by atoms with van der Waals surface area (Å²) < 4.78 is 38.1. The molecule has 5 atom stereocenters. The van der Waals surface area contributed by atoms with Gasteiger partial charge in [-0.2, -0.15) is 13.2 Å². The highest BCUT2D eigenvalue weighted by Crippen LogP contribution is 2.31. The number of hydrogen-bond donors (Lipinski definition) is 6. The van der Waals surface area contributed by atoms with Crippen LogP contribution in [0.1, 0.15) is 30.0 Å². The first-order chi connectivity index (χ1) is 13.9. The number of carbonyl (C=O) groups is 2. The maximum Gasteiger partial charge on any atom is 0.462 e. The Balaban J connectivity index is 2.05. The molecule has 8 N–H and O–H groups in total. The highest BCUT2D eigenvalue weighted by molar-refractivity contribution is 6.49. The fourth-order valence-electron chi connectivity index (χ4n) is 3.68. The van der Waals surface area contributed by atoms with Crippen molar-refractivity contribution in [3.8, 4) is 0 Å². The number of aliphatic carboxylic acids is 1. The number of carboxylic acids is 1. The maximum absolute atomic E-state index is 12.7. The summed E-state index contributed by atoms with van der Waals surface area (Å²) in [6.45, 7) is 0.717. The first kappa shape index (κ1) is 24.3. The number of rotatable bonds is 9. The van der Waals surface area contributed by atoms with E-state index in [2.05, 4.69) is 5.32 Å². The molecule has 1 saturated heterocycles. The summed E-state index contributed by atoms with van der Waals surface area (Å²) in [5.41, 5.74) is 11.1. The van der Waals surface area contributed by atoms with E-state index in [1.807, 2.05) is 0 Å². The third kappa shape index (κ3) is 5.79. The lowest BCUT2D eigenvalue weighted by atomic mass is 9.64. The number of benzene rings is 1. The fourth-order valence-corrected chi connectivity index (χ4v) is 3.68. The number of hydrogen-bond acceptors (Lipinski definition) is 7. The molecule has 30 heavy (non-hydrogen) atoms. The maximum atomic E-state index is 12.7. The molecular weight excluding hydrogens is 406 g/mol. The number of nitrogens with one attached hydrogen (secondary N) is 1. The van der Waals surface area contributed by atoms with Crippen LogP contribution >= 0.6 is 0 Å². The molecule has 1 heterocycles. The lowest BCUT2D eigenvalue weighted by molar-refractivity contribution is -0.142. The Morgan fingerprint density at radius 1 is 1.17 bits per heavy atom. The van der Waals surface area contributed by atoms with Gasteiger partial charge in [0.25, 0.3) is 0 Å². The highest BCUT2D eigenvalue weighted by Gasteiger charge is 2.39. The van der Waals surface area contributed by atoms with Crippen molar-refractivity contribution < 1.29 is 37.9 Å². The number of carboxylic acid groups (broad SMARTS) is 1. The van der Waals surface area contributed by atoms with Crippen molar-refractivity contribution in [2.24, 2.45) is 23.3 Å². The van der Waals surface area contributed by atoms with E-state index < -0.39 is 54.4 Å². The van der Waals surface area contributed by atoms with Crippen LogP contribution in [0.25, 0.3) is 0 Å². The predicted molar refractivity (Wildman–Crippen MR) is 102 cm³/mol. The van der Waals surface area contributed by atoms with E-state index >= 15 is 0 Å². The molecule has 3 unspecified atom stereocenters. The van der Waals surface area contributed by atoms with Crippen LogP contribution in [0.15, 0.2) is 24.3 Å². The second-order valence-corrected chi connectivity index (χ2v) is 7.53. The Labute approximate surface area is 171 Å². The number of nitrogens with two attached hydrogens (primary N) is 2. The molecule has 1 aliphatic rings. The van der Waals surface area contributed by atoms with Gasteiger partial charge in [0, 0.05) is 6.54 Å². The molecule has 0 bridgehead atoms. The van der Waals surface area contributed by atoms with E-state index in [4.69, 9.17) is 11.5 Å². The van der Waals surface area contributed by atoms with Crippen molar-refractivity contribution in [1.82, 2.24) is 5.32 Å². The average molecular weight is 431 g/mol. The molecule has 1 aromatic carbocycles. The fraction of sp³-hybridized carbons (Fsp3) is 0.556. The summed E-state index contributed by atoms with van der Waals surface area (Å²) in [4.78, 5) is 24.0. The molecule has 0 radical (unpaired) electrons. The normalized spacial score (nSPS) is 22.4. The van der Waals surface area contributed by atoms with Gasteiger partial charge in [-0.1, -0.05) is 12.1 Å². The molecule has 1 fully saturated rings. The van der Waals surface area contributed by atoms with Crippen LogP contribution in [0.2, 0.25) is 5.82 Å². The summed E-state index contributed by atoms with van der Waals surface area (Å²) in [6.07, 6.45) is -4.28. The minimum absolute atomic E-state index is 0.0138. The Kier molecular flexibility index (Phi) is 8.00. The Morgan fingerprint density at radius 2 is 1.77 bits per heavy atom. The largest absolute Gasteiger partial charge is 0.481 e. The standard InChI is InChI=1S/C18H25BF3N3O5/c20-18(21,22)11-4-1-9(2-5-11)14(23)15(24)16(26)13(19(29)30)6-3-10-7-25-8-12(10)17(27)28/h1-2,4-5,10,12-15,25,29-30H,3,6-8,23-24H2,(H,27,28)/t10?,12?,13?,14-,15-/m0/s1. The van der Waals surface area contributed by atoms with Gasteiger partial charge in [0.15, 0.2) is 5.78 Å². The van der Waals surface area contributed by atoms with E-state index in [0.717, 1.165) is 24.3 Å². The number of alkyl halides is 3. The topological polar surface area (TPSA) is 159 Å².